The van der Waals surface area contributed by atoms with Crippen LogP contribution in [0.25, 0.3) is 88.8 Å². The molecule has 9 aromatic carbocycles. The van der Waals surface area contributed by atoms with E-state index in [0.29, 0.717) is 0 Å². The van der Waals surface area contributed by atoms with Gasteiger partial charge >= 0.3 is 0 Å². The first-order valence-corrected chi connectivity index (χ1v) is 23.6. The summed E-state index contributed by atoms with van der Waals surface area (Å²) in [5.41, 5.74) is 12.2. The van der Waals surface area contributed by atoms with Crippen LogP contribution in [0.3, 0.4) is 0 Å². The van der Waals surface area contributed by atoms with Crippen molar-refractivity contribution in [3.63, 3.8) is 0 Å². The molecule has 0 radical (unpaired) electrons. The van der Waals surface area contributed by atoms with Crippen molar-refractivity contribution in [3.8, 4) is 45.1 Å². The van der Waals surface area contributed by atoms with Gasteiger partial charge in [-0.3, -0.25) is 0 Å². The van der Waals surface area contributed by atoms with Gasteiger partial charge in [0.05, 0.1) is 33.1 Å². The molecule has 0 saturated heterocycles. The number of fused-ring (bicyclic) bond motifs is 10. The predicted molar refractivity (Wildman–Crippen MR) is 264 cm³/mol. The fourth-order valence-corrected chi connectivity index (χ4v) is 15.6. The highest BCUT2D eigenvalue weighted by Gasteiger charge is 2.51. The number of aromatic nitrogens is 4. The Bertz CT molecular complexity index is 3690. The molecule has 63 heavy (non-hydrogen) atoms. The first-order chi connectivity index (χ1) is 31.3. The van der Waals surface area contributed by atoms with Gasteiger partial charge in [0.25, 0.3) is 0 Å². The summed E-state index contributed by atoms with van der Waals surface area (Å²) in [7, 11) is -2.94. The maximum absolute atomic E-state index is 5.72. The van der Waals surface area contributed by atoms with E-state index in [1.165, 1.54) is 59.2 Å². The molecule has 0 aliphatic carbocycles. The molecule has 4 heterocycles. The number of rotatable bonds is 6. The Hall–Kier alpha value is -8.12. The fraction of sp³-hybridized carbons (Fsp3) is 0. The van der Waals surface area contributed by atoms with Gasteiger partial charge in [0.2, 0.25) is 8.07 Å². The minimum absolute atomic E-state index is 0.734. The zero-order valence-corrected chi connectivity index (χ0v) is 35.2. The van der Waals surface area contributed by atoms with Crippen LogP contribution in [0.1, 0.15) is 0 Å². The van der Waals surface area contributed by atoms with Crippen molar-refractivity contribution in [2.45, 2.75) is 0 Å². The lowest BCUT2D eigenvalue weighted by Gasteiger charge is -2.30. The zero-order chi connectivity index (χ0) is 41.5. The van der Waals surface area contributed by atoms with Crippen LogP contribution in [0, 0.1) is 0 Å². The Morgan fingerprint density at radius 2 is 0.857 bits per heavy atom. The molecule has 0 atom stereocenters. The topological polar surface area (TPSA) is 35.6 Å². The maximum Gasteiger partial charge on any atom is 0.203 e. The Morgan fingerprint density at radius 3 is 1.49 bits per heavy atom. The molecule has 0 saturated carbocycles. The van der Waals surface area contributed by atoms with Crippen LogP contribution < -0.4 is 20.9 Å². The molecule has 0 fully saturated rings. The molecule has 0 amide bonds. The summed E-state index contributed by atoms with van der Waals surface area (Å²) in [5, 5.41) is 9.97. The second-order valence-electron chi connectivity index (χ2n) is 16.5. The quantitative estimate of drug-likeness (QED) is 0.157. The Morgan fingerprint density at radius 1 is 0.365 bits per heavy atom. The predicted octanol–water partition coefficient (Wildman–Crippen LogP) is 11.4. The summed E-state index contributed by atoms with van der Waals surface area (Å²) in [6.45, 7) is 0. The molecule has 1 aliphatic rings. The minimum Gasteiger partial charge on any atom is -0.307 e. The van der Waals surface area contributed by atoms with Crippen LogP contribution in [0.5, 0.6) is 0 Å². The van der Waals surface area contributed by atoms with Gasteiger partial charge in [-0.15, -0.1) is 0 Å². The second-order valence-corrected chi connectivity index (χ2v) is 20.1. The molecule has 0 unspecified atom stereocenters. The number of para-hydroxylation sites is 3. The SMILES string of the molecule is c1ccc(-c2nc(-c3cccc(-n4c5ccccc5c5ccc6c7ccccc7n(-c7ccccc7)c6c54)c3)c3c(n2)[Si](c2ccccc2)(c2ccccc2)c2ccccc2-3)cc1. The van der Waals surface area contributed by atoms with Gasteiger partial charge in [0.1, 0.15) is 0 Å². The molecule has 294 valence electrons. The van der Waals surface area contributed by atoms with E-state index in [2.05, 4.69) is 240 Å². The van der Waals surface area contributed by atoms with Gasteiger partial charge in [0.15, 0.2) is 5.82 Å². The van der Waals surface area contributed by atoms with Crippen molar-refractivity contribution in [1.82, 2.24) is 19.1 Å². The minimum atomic E-state index is -2.94. The van der Waals surface area contributed by atoms with E-state index in [0.717, 1.165) is 50.4 Å². The van der Waals surface area contributed by atoms with Crippen molar-refractivity contribution >= 4 is 72.6 Å². The summed E-state index contributed by atoms with van der Waals surface area (Å²) in [4.78, 5) is 11.3. The third kappa shape index (κ3) is 5.14. The molecular weight excluding hydrogens is 781 g/mol. The molecule has 0 bridgehead atoms. The highest BCUT2D eigenvalue weighted by atomic mass is 28.3. The van der Waals surface area contributed by atoms with E-state index in [-0.39, 0.29) is 0 Å². The molecule has 1 aliphatic heterocycles. The summed E-state index contributed by atoms with van der Waals surface area (Å²) in [5.74, 6) is 0.734. The molecule has 12 aromatic rings. The van der Waals surface area contributed by atoms with Crippen molar-refractivity contribution in [2.24, 2.45) is 0 Å². The van der Waals surface area contributed by atoms with Gasteiger partial charge in [0, 0.05) is 49.6 Å². The molecular formula is C58H38N4Si. The van der Waals surface area contributed by atoms with Crippen LogP contribution in [-0.2, 0) is 0 Å². The van der Waals surface area contributed by atoms with Gasteiger partial charge < -0.3 is 9.13 Å². The number of nitrogens with zero attached hydrogens (tertiary/aromatic N) is 4. The van der Waals surface area contributed by atoms with E-state index in [1.807, 2.05) is 0 Å². The van der Waals surface area contributed by atoms with E-state index in [4.69, 9.17) is 9.97 Å². The molecule has 3 aromatic heterocycles. The van der Waals surface area contributed by atoms with Crippen molar-refractivity contribution in [1.29, 1.82) is 0 Å². The number of hydrogen-bond acceptors (Lipinski definition) is 2. The van der Waals surface area contributed by atoms with Crippen LogP contribution in [0.15, 0.2) is 231 Å². The second kappa shape index (κ2) is 14.0. The number of hydrogen-bond donors (Lipinski definition) is 0. The normalized spacial score (nSPS) is 12.9. The lowest BCUT2D eigenvalue weighted by atomic mass is 10.00. The van der Waals surface area contributed by atoms with E-state index < -0.39 is 8.07 Å². The fourth-order valence-electron chi connectivity index (χ4n) is 10.6. The van der Waals surface area contributed by atoms with Gasteiger partial charge in [-0.1, -0.05) is 194 Å². The van der Waals surface area contributed by atoms with Crippen molar-refractivity contribution in [2.75, 3.05) is 0 Å². The smallest absolute Gasteiger partial charge is 0.203 e. The van der Waals surface area contributed by atoms with E-state index >= 15 is 0 Å². The average Bonchev–Trinajstić information content (AvgIpc) is 3.99. The summed E-state index contributed by atoms with van der Waals surface area (Å²) in [6.07, 6.45) is 0. The molecule has 0 N–H and O–H groups in total. The largest absolute Gasteiger partial charge is 0.307 e. The Labute approximate surface area is 365 Å². The van der Waals surface area contributed by atoms with Gasteiger partial charge in [-0.05, 0) is 57.5 Å². The Kier molecular flexibility index (Phi) is 7.89. The van der Waals surface area contributed by atoms with Gasteiger partial charge in [-0.25, -0.2) is 9.97 Å². The highest BCUT2D eigenvalue weighted by molar-refractivity contribution is 7.21. The monoisotopic (exact) mass is 818 g/mol. The summed E-state index contributed by atoms with van der Waals surface area (Å²) >= 11 is 0. The third-order valence-corrected chi connectivity index (χ3v) is 17.9. The molecule has 4 nitrogen and oxygen atoms in total. The van der Waals surface area contributed by atoms with Crippen LogP contribution in [-0.4, -0.2) is 27.2 Å². The van der Waals surface area contributed by atoms with Crippen molar-refractivity contribution in [3.05, 3.63) is 231 Å². The van der Waals surface area contributed by atoms with Crippen LogP contribution in [0.4, 0.5) is 0 Å². The average molecular weight is 819 g/mol. The first-order valence-electron chi connectivity index (χ1n) is 21.6. The summed E-state index contributed by atoms with van der Waals surface area (Å²) in [6, 6.07) is 83.8. The van der Waals surface area contributed by atoms with Crippen LogP contribution >= 0.6 is 0 Å². The third-order valence-electron chi connectivity index (χ3n) is 13.2. The molecule has 13 rings (SSSR count). The van der Waals surface area contributed by atoms with Crippen LogP contribution in [0.2, 0.25) is 0 Å². The van der Waals surface area contributed by atoms with E-state index in [9.17, 15) is 0 Å². The lowest BCUT2D eigenvalue weighted by Crippen LogP contribution is -2.73. The van der Waals surface area contributed by atoms with Crippen molar-refractivity contribution < 1.29 is 0 Å². The van der Waals surface area contributed by atoms with E-state index in [1.54, 1.807) is 0 Å². The molecule has 5 heteroatoms. The van der Waals surface area contributed by atoms with Gasteiger partial charge in [-0.2, -0.15) is 0 Å². The Balaban J connectivity index is 1.14. The zero-order valence-electron chi connectivity index (χ0n) is 34.2. The maximum atomic E-state index is 5.72. The first kappa shape index (κ1) is 35.6. The number of benzene rings is 9. The standard InChI is InChI=1S/C58H38N4Si/c1-5-20-39(21-6-1)57-59-54(53-49-32-15-18-35-52(49)63(58(53)60-57,43-26-9-3-10-27-43)44-28-11-4-12-29-44)40-22-19-25-42(38-40)62-51-34-17-14-31-46(51)48-37-36-47-45-30-13-16-33-50(45)61(55(47)56(48)62)41-23-7-2-8-24-41/h1-38H. The lowest BCUT2D eigenvalue weighted by molar-refractivity contribution is 1.15. The summed E-state index contributed by atoms with van der Waals surface area (Å²) < 4.78 is 4.93. The highest BCUT2D eigenvalue weighted by Crippen LogP contribution is 2.43. The molecule has 0 spiro atoms.